The molecule has 5 nitrogen and oxygen atoms in total. The number of carbonyl (C=O) groups is 1. The molecule has 5 heteroatoms. The van der Waals surface area contributed by atoms with Crippen LogP contribution >= 0.6 is 0 Å². The summed E-state index contributed by atoms with van der Waals surface area (Å²) >= 11 is 0. The summed E-state index contributed by atoms with van der Waals surface area (Å²) in [5.74, 6) is -0.220. The van der Waals surface area contributed by atoms with Crippen LogP contribution < -0.4 is 4.90 Å². The van der Waals surface area contributed by atoms with Gasteiger partial charge in [0.05, 0.1) is 24.1 Å². The average Bonchev–Trinajstić information content (AvgIpc) is 2.88. The van der Waals surface area contributed by atoms with E-state index in [9.17, 15) is 4.79 Å². The fourth-order valence-electron chi connectivity index (χ4n) is 2.25. The highest BCUT2D eigenvalue weighted by Gasteiger charge is 2.33. The number of aromatic nitrogens is 1. The summed E-state index contributed by atoms with van der Waals surface area (Å²) in [5.41, 5.74) is 1.26. The Balaban J connectivity index is 2.26. The highest BCUT2D eigenvalue weighted by atomic mass is 16.5. The van der Waals surface area contributed by atoms with E-state index in [1.54, 1.807) is 25.4 Å². The third-order valence-corrected chi connectivity index (χ3v) is 3.04. The number of anilines is 1. The molecular weight excluding hydrogens is 230 g/mol. The van der Waals surface area contributed by atoms with Crippen molar-refractivity contribution in [3.63, 3.8) is 0 Å². The molecule has 1 atom stereocenters. The average molecular weight is 245 g/mol. The summed E-state index contributed by atoms with van der Waals surface area (Å²) in [6, 6.07) is 3.50. The highest BCUT2D eigenvalue weighted by Crippen LogP contribution is 2.28. The van der Waals surface area contributed by atoms with E-state index in [-0.39, 0.29) is 12.0 Å². The molecule has 1 unspecified atom stereocenters. The van der Waals surface area contributed by atoms with E-state index in [2.05, 4.69) is 11.1 Å². The second kappa shape index (κ2) is 5.50. The molecule has 1 fully saturated rings. The first kappa shape index (κ1) is 12.4. The van der Waals surface area contributed by atoms with Gasteiger partial charge < -0.3 is 9.64 Å². The second-order valence-corrected chi connectivity index (χ2v) is 4.11. The van der Waals surface area contributed by atoms with Crippen LogP contribution in [-0.4, -0.2) is 30.1 Å². The number of esters is 1. The van der Waals surface area contributed by atoms with Crippen molar-refractivity contribution in [2.75, 3.05) is 18.1 Å². The van der Waals surface area contributed by atoms with Crippen LogP contribution in [0.1, 0.15) is 25.3 Å². The van der Waals surface area contributed by atoms with Crippen molar-refractivity contribution in [3.05, 3.63) is 24.0 Å². The minimum Gasteiger partial charge on any atom is -0.464 e. The quantitative estimate of drug-likeness (QED) is 0.755. The molecular formula is C13H15N3O2. The van der Waals surface area contributed by atoms with Crippen molar-refractivity contribution in [1.29, 1.82) is 5.26 Å². The Morgan fingerprint density at radius 1 is 1.72 bits per heavy atom. The zero-order chi connectivity index (χ0) is 13.0. The largest absolute Gasteiger partial charge is 0.464 e. The summed E-state index contributed by atoms with van der Waals surface area (Å²) in [6.07, 6.45) is 4.90. The second-order valence-electron chi connectivity index (χ2n) is 4.11. The Labute approximate surface area is 106 Å². The molecule has 2 heterocycles. The lowest BCUT2D eigenvalue weighted by molar-refractivity contribution is -0.144. The molecule has 0 aliphatic carbocycles. The number of nitrogens with zero attached hydrogens (tertiary/aromatic N) is 3. The van der Waals surface area contributed by atoms with Gasteiger partial charge in [-0.1, -0.05) is 0 Å². The third kappa shape index (κ3) is 2.28. The molecule has 0 spiro atoms. The number of hydrogen-bond donors (Lipinski definition) is 0. The summed E-state index contributed by atoms with van der Waals surface area (Å²) in [4.78, 5) is 17.8. The Hall–Kier alpha value is -2.09. The number of pyridine rings is 1. The highest BCUT2D eigenvalue weighted by molar-refractivity contribution is 5.81. The molecule has 94 valence electrons. The van der Waals surface area contributed by atoms with Crippen LogP contribution in [0.2, 0.25) is 0 Å². The standard InChI is InChI=1S/C13H15N3O2/c1-2-18-13(17)11-4-3-7-16(11)12-9-15-6-5-10(12)8-14/h5-6,9,11H,2-4,7H2,1H3. The molecule has 0 aromatic carbocycles. The van der Waals surface area contributed by atoms with E-state index < -0.39 is 0 Å². The monoisotopic (exact) mass is 245 g/mol. The number of nitriles is 1. The van der Waals surface area contributed by atoms with Gasteiger partial charge in [-0.25, -0.2) is 4.79 Å². The van der Waals surface area contributed by atoms with Crippen LogP contribution in [0.25, 0.3) is 0 Å². The van der Waals surface area contributed by atoms with Crippen molar-refractivity contribution >= 4 is 11.7 Å². The maximum atomic E-state index is 11.9. The maximum Gasteiger partial charge on any atom is 0.328 e. The summed E-state index contributed by atoms with van der Waals surface area (Å²) in [6.45, 7) is 2.92. The van der Waals surface area contributed by atoms with Crippen LogP contribution in [0.5, 0.6) is 0 Å². The first-order valence-corrected chi connectivity index (χ1v) is 6.05. The Kier molecular flexibility index (Phi) is 3.78. The van der Waals surface area contributed by atoms with Crippen molar-refractivity contribution < 1.29 is 9.53 Å². The van der Waals surface area contributed by atoms with Gasteiger partial charge in [-0.2, -0.15) is 5.26 Å². The summed E-state index contributed by atoms with van der Waals surface area (Å²) in [5, 5.41) is 9.09. The molecule has 1 aliphatic rings. The molecule has 0 saturated carbocycles. The maximum absolute atomic E-state index is 11.9. The van der Waals surface area contributed by atoms with Crippen LogP contribution in [0.3, 0.4) is 0 Å². The zero-order valence-electron chi connectivity index (χ0n) is 10.3. The molecule has 2 rings (SSSR count). The Morgan fingerprint density at radius 3 is 3.28 bits per heavy atom. The van der Waals surface area contributed by atoms with Crippen molar-refractivity contribution in [2.24, 2.45) is 0 Å². The van der Waals surface area contributed by atoms with Crippen molar-refractivity contribution in [1.82, 2.24) is 4.98 Å². The van der Waals surface area contributed by atoms with Gasteiger partial charge in [0.15, 0.2) is 0 Å². The molecule has 0 bridgehead atoms. The number of carbonyl (C=O) groups excluding carboxylic acids is 1. The van der Waals surface area contributed by atoms with E-state index >= 15 is 0 Å². The third-order valence-electron chi connectivity index (χ3n) is 3.04. The Bertz CT molecular complexity index is 481. The molecule has 0 N–H and O–H groups in total. The fraction of sp³-hybridized carbons (Fsp3) is 0.462. The van der Waals surface area contributed by atoms with E-state index in [0.29, 0.717) is 12.2 Å². The first-order chi connectivity index (χ1) is 8.77. The lowest BCUT2D eigenvalue weighted by Crippen LogP contribution is -2.37. The molecule has 0 radical (unpaired) electrons. The molecule has 1 aromatic heterocycles. The normalized spacial score (nSPS) is 18.4. The fourth-order valence-corrected chi connectivity index (χ4v) is 2.25. The minimum atomic E-state index is -0.291. The molecule has 1 aromatic rings. The van der Waals surface area contributed by atoms with Gasteiger partial charge in [0.1, 0.15) is 12.1 Å². The van der Waals surface area contributed by atoms with Gasteiger partial charge in [-0.05, 0) is 25.8 Å². The lowest BCUT2D eigenvalue weighted by Gasteiger charge is -2.25. The summed E-state index contributed by atoms with van der Waals surface area (Å²) in [7, 11) is 0. The minimum absolute atomic E-state index is 0.220. The SMILES string of the molecule is CCOC(=O)C1CCCN1c1cnccc1C#N. The number of rotatable bonds is 3. The smallest absolute Gasteiger partial charge is 0.328 e. The van der Waals surface area contributed by atoms with Gasteiger partial charge >= 0.3 is 5.97 Å². The van der Waals surface area contributed by atoms with Gasteiger partial charge in [-0.3, -0.25) is 4.98 Å². The van der Waals surface area contributed by atoms with Gasteiger partial charge in [0, 0.05) is 12.7 Å². The molecule has 0 amide bonds. The topological polar surface area (TPSA) is 66.2 Å². The predicted molar refractivity (Wildman–Crippen MR) is 66.0 cm³/mol. The van der Waals surface area contributed by atoms with Crippen LogP contribution in [0, 0.1) is 11.3 Å². The van der Waals surface area contributed by atoms with Crippen LogP contribution in [0.4, 0.5) is 5.69 Å². The predicted octanol–water partition coefficient (Wildman–Crippen LogP) is 1.49. The van der Waals surface area contributed by atoms with Gasteiger partial charge in [0.2, 0.25) is 0 Å². The van der Waals surface area contributed by atoms with Crippen molar-refractivity contribution in [3.8, 4) is 6.07 Å². The number of ether oxygens (including phenoxy) is 1. The molecule has 1 aliphatic heterocycles. The van der Waals surface area contributed by atoms with E-state index in [0.717, 1.165) is 25.1 Å². The molecule has 1 saturated heterocycles. The lowest BCUT2D eigenvalue weighted by atomic mass is 10.2. The summed E-state index contributed by atoms with van der Waals surface area (Å²) < 4.78 is 5.07. The first-order valence-electron chi connectivity index (χ1n) is 6.05. The van der Waals surface area contributed by atoms with E-state index in [4.69, 9.17) is 10.00 Å². The number of hydrogen-bond acceptors (Lipinski definition) is 5. The Morgan fingerprint density at radius 2 is 2.56 bits per heavy atom. The van der Waals surface area contributed by atoms with E-state index in [1.807, 2.05) is 4.90 Å². The zero-order valence-corrected chi connectivity index (χ0v) is 10.3. The van der Waals surface area contributed by atoms with Crippen LogP contribution in [0.15, 0.2) is 18.5 Å². The van der Waals surface area contributed by atoms with Crippen LogP contribution in [-0.2, 0) is 9.53 Å². The van der Waals surface area contributed by atoms with Gasteiger partial charge in [-0.15, -0.1) is 0 Å². The molecule has 18 heavy (non-hydrogen) atoms. The van der Waals surface area contributed by atoms with E-state index in [1.165, 1.54) is 0 Å². The van der Waals surface area contributed by atoms with Gasteiger partial charge in [0.25, 0.3) is 0 Å². The van der Waals surface area contributed by atoms with Crippen molar-refractivity contribution in [2.45, 2.75) is 25.8 Å².